The zero-order valence-corrected chi connectivity index (χ0v) is 12.4. The molecule has 2 aromatic carbocycles. The minimum Gasteiger partial charge on any atom is -0.454 e. The molecule has 0 fully saturated rings. The van der Waals surface area contributed by atoms with Gasteiger partial charge in [0.25, 0.3) is 0 Å². The Bertz CT molecular complexity index is 850. The van der Waals surface area contributed by atoms with Crippen LogP contribution in [0.5, 0.6) is 11.5 Å². The molecular formula is C18H13NO4. The van der Waals surface area contributed by atoms with E-state index >= 15 is 0 Å². The second kappa shape index (κ2) is 5.28. The van der Waals surface area contributed by atoms with Crippen molar-refractivity contribution in [3.8, 4) is 11.5 Å². The van der Waals surface area contributed by atoms with Crippen molar-refractivity contribution in [3.05, 3.63) is 64.9 Å². The number of hydrogen-bond acceptors (Lipinski definition) is 5. The fourth-order valence-electron chi connectivity index (χ4n) is 2.39. The molecule has 0 unspecified atom stereocenters. The van der Waals surface area contributed by atoms with Crippen molar-refractivity contribution in [1.29, 1.82) is 0 Å². The number of aliphatic imine (C=N–C) groups is 1. The van der Waals surface area contributed by atoms with Crippen LogP contribution >= 0.6 is 0 Å². The van der Waals surface area contributed by atoms with Gasteiger partial charge in [0.15, 0.2) is 17.2 Å². The first-order valence-corrected chi connectivity index (χ1v) is 7.18. The predicted molar refractivity (Wildman–Crippen MR) is 84.4 cm³/mol. The monoisotopic (exact) mass is 307 g/mol. The van der Waals surface area contributed by atoms with E-state index in [-0.39, 0.29) is 12.5 Å². The van der Waals surface area contributed by atoms with Crippen LogP contribution in [-0.2, 0) is 9.53 Å². The number of ether oxygens (including phenoxy) is 3. The minimum absolute atomic E-state index is 0.215. The van der Waals surface area contributed by atoms with Crippen LogP contribution in [0.2, 0.25) is 0 Å². The third-order valence-corrected chi connectivity index (χ3v) is 3.62. The zero-order chi connectivity index (χ0) is 15.8. The first-order chi connectivity index (χ1) is 11.2. The molecule has 0 saturated carbocycles. The van der Waals surface area contributed by atoms with Gasteiger partial charge in [0.2, 0.25) is 12.7 Å². The van der Waals surface area contributed by atoms with Crippen molar-refractivity contribution >= 4 is 17.9 Å². The van der Waals surface area contributed by atoms with Gasteiger partial charge in [-0.25, -0.2) is 9.79 Å². The second-order valence-corrected chi connectivity index (χ2v) is 5.31. The molecule has 0 radical (unpaired) electrons. The SMILES string of the molecule is Cc1ccc(C2=NC(=Cc3ccc4c(c3)OCO4)C(=O)O2)cc1. The van der Waals surface area contributed by atoms with E-state index in [9.17, 15) is 4.79 Å². The van der Waals surface area contributed by atoms with Gasteiger partial charge in [-0.2, -0.15) is 0 Å². The molecule has 0 N–H and O–H groups in total. The smallest absolute Gasteiger partial charge is 0.363 e. The summed E-state index contributed by atoms with van der Waals surface area (Å²) >= 11 is 0. The Hall–Kier alpha value is -3.08. The van der Waals surface area contributed by atoms with Gasteiger partial charge in [0.1, 0.15) is 0 Å². The number of cyclic esters (lactones) is 1. The molecule has 0 aliphatic carbocycles. The molecule has 0 spiro atoms. The second-order valence-electron chi connectivity index (χ2n) is 5.31. The Morgan fingerprint density at radius 2 is 1.83 bits per heavy atom. The van der Waals surface area contributed by atoms with Crippen LogP contribution in [0.4, 0.5) is 0 Å². The third-order valence-electron chi connectivity index (χ3n) is 3.62. The first-order valence-electron chi connectivity index (χ1n) is 7.18. The highest BCUT2D eigenvalue weighted by Gasteiger charge is 2.24. The Morgan fingerprint density at radius 3 is 2.65 bits per heavy atom. The summed E-state index contributed by atoms with van der Waals surface area (Å²) in [5.74, 6) is 1.22. The van der Waals surface area contributed by atoms with Crippen molar-refractivity contribution < 1.29 is 19.0 Å². The molecule has 5 heteroatoms. The van der Waals surface area contributed by atoms with Crippen LogP contribution in [0.25, 0.3) is 6.08 Å². The summed E-state index contributed by atoms with van der Waals surface area (Å²) in [6.07, 6.45) is 1.67. The topological polar surface area (TPSA) is 57.1 Å². The van der Waals surface area contributed by atoms with Gasteiger partial charge in [-0.3, -0.25) is 0 Å². The molecule has 0 saturated heterocycles. The molecule has 5 nitrogen and oxygen atoms in total. The minimum atomic E-state index is -0.460. The molecule has 0 atom stereocenters. The van der Waals surface area contributed by atoms with E-state index in [0.717, 1.165) is 16.7 Å². The standard InChI is InChI=1S/C18H13NO4/c1-11-2-5-13(6-3-11)17-19-14(18(20)23-17)8-12-4-7-15-16(9-12)22-10-21-15/h2-9H,10H2,1H3. The average Bonchev–Trinajstić information content (AvgIpc) is 3.15. The number of nitrogens with zero attached hydrogens (tertiary/aromatic N) is 1. The number of aryl methyl sites for hydroxylation is 1. The van der Waals surface area contributed by atoms with Crippen molar-refractivity contribution in [3.63, 3.8) is 0 Å². The van der Waals surface area contributed by atoms with Crippen LogP contribution in [-0.4, -0.2) is 18.7 Å². The molecule has 2 heterocycles. The zero-order valence-electron chi connectivity index (χ0n) is 12.4. The Labute approximate surface area is 132 Å². The largest absolute Gasteiger partial charge is 0.454 e. The number of benzene rings is 2. The predicted octanol–water partition coefficient (Wildman–Crippen LogP) is 3.07. The Balaban J connectivity index is 1.65. The van der Waals surface area contributed by atoms with Gasteiger partial charge in [-0.15, -0.1) is 0 Å². The number of carbonyl (C=O) groups is 1. The van der Waals surface area contributed by atoms with E-state index in [4.69, 9.17) is 14.2 Å². The van der Waals surface area contributed by atoms with Gasteiger partial charge in [-0.1, -0.05) is 23.8 Å². The maximum atomic E-state index is 12.0. The number of esters is 1. The van der Waals surface area contributed by atoms with Gasteiger partial charge < -0.3 is 14.2 Å². The summed E-state index contributed by atoms with van der Waals surface area (Å²) in [6, 6.07) is 13.1. The summed E-state index contributed by atoms with van der Waals surface area (Å²) < 4.78 is 15.8. The number of fused-ring (bicyclic) bond motifs is 1. The number of rotatable bonds is 2. The summed E-state index contributed by atoms with van der Waals surface area (Å²) in [7, 11) is 0. The van der Waals surface area contributed by atoms with Gasteiger partial charge >= 0.3 is 5.97 Å². The lowest BCUT2D eigenvalue weighted by atomic mass is 10.1. The van der Waals surface area contributed by atoms with Gasteiger partial charge in [0.05, 0.1) is 0 Å². The van der Waals surface area contributed by atoms with Crippen LogP contribution in [0.1, 0.15) is 16.7 Å². The summed E-state index contributed by atoms with van der Waals surface area (Å²) in [6.45, 7) is 2.21. The number of carbonyl (C=O) groups excluding carboxylic acids is 1. The molecule has 23 heavy (non-hydrogen) atoms. The molecule has 2 aromatic rings. The van der Waals surface area contributed by atoms with E-state index in [1.807, 2.05) is 43.3 Å². The van der Waals surface area contributed by atoms with Gasteiger partial charge in [0, 0.05) is 5.56 Å². The third kappa shape index (κ3) is 2.57. The lowest BCUT2D eigenvalue weighted by Crippen LogP contribution is -2.05. The summed E-state index contributed by atoms with van der Waals surface area (Å²) in [5, 5.41) is 0. The Kier molecular flexibility index (Phi) is 3.12. The fraction of sp³-hybridized carbons (Fsp3) is 0.111. The number of hydrogen-bond donors (Lipinski definition) is 0. The quantitative estimate of drug-likeness (QED) is 0.632. The van der Waals surface area contributed by atoms with E-state index in [0.29, 0.717) is 17.4 Å². The highest BCUT2D eigenvalue weighted by atomic mass is 16.7. The highest BCUT2D eigenvalue weighted by molar-refractivity contribution is 6.12. The molecule has 2 aliphatic rings. The summed E-state index contributed by atoms with van der Waals surface area (Å²) in [4.78, 5) is 16.3. The van der Waals surface area contributed by atoms with Gasteiger partial charge in [-0.05, 0) is 42.8 Å². The molecule has 0 bridgehead atoms. The molecule has 4 rings (SSSR count). The fourth-order valence-corrected chi connectivity index (χ4v) is 2.39. The van der Waals surface area contributed by atoms with Crippen LogP contribution in [0.15, 0.2) is 53.2 Å². The lowest BCUT2D eigenvalue weighted by Gasteiger charge is -1.99. The first kappa shape index (κ1) is 13.6. The van der Waals surface area contributed by atoms with Crippen molar-refractivity contribution in [1.82, 2.24) is 0 Å². The average molecular weight is 307 g/mol. The van der Waals surface area contributed by atoms with Crippen LogP contribution < -0.4 is 9.47 Å². The van der Waals surface area contributed by atoms with Crippen LogP contribution in [0.3, 0.4) is 0 Å². The van der Waals surface area contributed by atoms with E-state index in [2.05, 4.69) is 4.99 Å². The van der Waals surface area contributed by atoms with E-state index in [1.54, 1.807) is 12.1 Å². The molecular weight excluding hydrogens is 294 g/mol. The maximum Gasteiger partial charge on any atom is 0.363 e. The highest BCUT2D eigenvalue weighted by Crippen LogP contribution is 2.33. The molecule has 114 valence electrons. The van der Waals surface area contributed by atoms with Crippen LogP contribution in [0, 0.1) is 6.92 Å². The normalized spacial score (nSPS) is 17.3. The van der Waals surface area contributed by atoms with E-state index in [1.165, 1.54) is 0 Å². The molecule has 0 aromatic heterocycles. The maximum absolute atomic E-state index is 12.0. The van der Waals surface area contributed by atoms with Crippen molar-refractivity contribution in [2.45, 2.75) is 6.92 Å². The van der Waals surface area contributed by atoms with Crippen molar-refractivity contribution in [2.75, 3.05) is 6.79 Å². The summed E-state index contributed by atoms with van der Waals surface area (Å²) in [5.41, 5.74) is 2.97. The Morgan fingerprint density at radius 1 is 1.04 bits per heavy atom. The molecule has 0 amide bonds. The van der Waals surface area contributed by atoms with E-state index < -0.39 is 5.97 Å². The van der Waals surface area contributed by atoms with Crippen molar-refractivity contribution in [2.24, 2.45) is 4.99 Å². The lowest BCUT2D eigenvalue weighted by molar-refractivity contribution is -0.129. The molecule has 2 aliphatic heterocycles.